The van der Waals surface area contributed by atoms with Gasteiger partial charge in [-0.25, -0.2) is 13.2 Å². The predicted octanol–water partition coefficient (Wildman–Crippen LogP) is 3.73. The van der Waals surface area contributed by atoms with Crippen molar-refractivity contribution in [2.45, 2.75) is 13.5 Å². The van der Waals surface area contributed by atoms with Gasteiger partial charge in [-0.3, -0.25) is 0 Å². The highest BCUT2D eigenvalue weighted by molar-refractivity contribution is 5.47. The average molecular weight is 267 g/mol. The van der Waals surface area contributed by atoms with Crippen molar-refractivity contribution in [3.8, 4) is 5.75 Å². The van der Waals surface area contributed by atoms with E-state index in [9.17, 15) is 13.2 Å². The molecular weight excluding hydrogens is 255 g/mol. The fourth-order valence-electron chi connectivity index (χ4n) is 1.69. The summed E-state index contributed by atoms with van der Waals surface area (Å²) in [6.07, 6.45) is 0. The first kappa shape index (κ1) is 13.3. The van der Waals surface area contributed by atoms with E-state index in [2.05, 4.69) is 5.32 Å². The highest BCUT2D eigenvalue weighted by Gasteiger charge is 2.10. The maximum absolute atomic E-state index is 13.4. The number of benzene rings is 2. The van der Waals surface area contributed by atoms with Crippen molar-refractivity contribution in [3.63, 3.8) is 0 Å². The van der Waals surface area contributed by atoms with E-state index in [0.29, 0.717) is 0 Å². The van der Waals surface area contributed by atoms with Gasteiger partial charge in [-0.2, -0.15) is 0 Å². The summed E-state index contributed by atoms with van der Waals surface area (Å²) in [7, 11) is 0. The van der Waals surface area contributed by atoms with Gasteiger partial charge in [-0.05, 0) is 42.3 Å². The summed E-state index contributed by atoms with van der Waals surface area (Å²) in [6, 6.07) is 6.54. The van der Waals surface area contributed by atoms with E-state index < -0.39 is 23.2 Å². The van der Waals surface area contributed by atoms with Gasteiger partial charge < -0.3 is 10.4 Å². The summed E-state index contributed by atoms with van der Waals surface area (Å²) < 4.78 is 39.7. The third-order valence-corrected chi connectivity index (χ3v) is 2.68. The fraction of sp³-hybridized carbons (Fsp3) is 0.143. The highest BCUT2D eigenvalue weighted by Crippen LogP contribution is 2.22. The highest BCUT2D eigenvalue weighted by atomic mass is 19.1. The van der Waals surface area contributed by atoms with Crippen LogP contribution in [0.4, 0.5) is 18.9 Å². The predicted molar refractivity (Wildman–Crippen MR) is 66.5 cm³/mol. The van der Waals surface area contributed by atoms with Crippen LogP contribution < -0.4 is 5.32 Å². The molecule has 0 aromatic heterocycles. The molecule has 0 aliphatic heterocycles. The van der Waals surface area contributed by atoms with Crippen LogP contribution in [0, 0.1) is 24.4 Å². The number of hydrogen-bond donors (Lipinski definition) is 2. The molecule has 0 atom stereocenters. The van der Waals surface area contributed by atoms with Crippen LogP contribution in [0.15, 0.2) is 30.3 Å². The smallest absolute Gasteiger partial charge is 0.187 e. The van der Waals surface area contributed by atoms with Crippen molar-refractivity contribution in [1.29, 1.82) is 0 Å². The standard InChI is InChI=1S/C14H12F3NO/c1-8-2-3-10(15)13(4-8)18-7-9-5-11(16)14(19)12(17)6-9/h2-6,18-19H,7H2,1H3. The Labute approximate surface area is 108 Å². The third-order valence-electron chi connectivity index (χ3n) is 2.68. The van der Waals surface area contributed by atoms with Crippen molar-refractivity contribution >= 4 is 5.69 Å². The first-order valence-corrected chi connectivity index (χ1v) is 5.64. The molecule has 0 aliphatic rings. The Kier molecular flexibility index (Phi) is 3.64. The zero-order valence-corrected chi connectivity index (χ0v) is 10.2. The lowest BCUT2D eigenvalue weighted by Crippen LogP contribution is -2.03. The lowest BCUT2D eigenvalue weighted by molar-refractivity contribution is 0.395. The van der Waals surface area contributed by atoms with Gasteiger partial charge in [0.2, 0.25) is 0 Å². The van der Waals surface area contributed by atoms with Crippen LogP contribution in [0.25, 0.3) is 0 Å². The van der Waals surface area contributed by atoms with Crippen molar-refractivity contribution in [1.82, 2.24) is 0 Å². The molecule has 5 heteroatoms. The number of anilines is 1. The van der Waals surface area contributed by atoms with Gasteiger partial charge in [0.05, 0.1) is 5.69 Å². The number of phenols is 1. The SMILES string of the molecule is Cc1ccc(F)c(NCc2cc(F)c(O)c(F)c2)c1. The van der Waals surface area contributed by atoms with Crippen LogP contribution >= 0.6 is 0 Å². The monoisotopic (exact) mass is 267 g/mol. The molecule has 0 amide bonds. The van der Waals surface area contributed by atoms with E-state index in [1.165, 1.54) is 6.07 Å². The summed E-state index contributed by atoms with van der Waals surface area (Å²) in [5.41, 5.74) is 1.40. The number of aryl methyl sites for hydroxylation is 1. The minimum atomic E-state index is -1.04. The van der Waals surface area contributed by atoms with Crippen molar-refractivity contribution in [3.05, 3.63) is 58.9 Å². The lowest BCUT2D eigenvalue weighted by atomic mass is 10.1. The summed E-state index contributed by atoms with van der Waals surface area (Å²) in [6.45, 7) is 1.86. The number of hydrogen-bond acceptors (Lipinski definition) is 2. The molecule has 100 valence electrons. The van der Waals surface area contributed by atoms with Crippen LogP contribution in [0.2, 0.25) is 0 Å². The molecular formula is C14H12F3NO. The molecule has 2 aromatic rings. The van der Waals surface area contributed by atoms with Crippen LogP contribution in [-0.2, 0) is 6.54 Å². The second-order valence-corrected chi connectivity index (χ2v) is 4.24. The number of nitrogens with one attached hydrogen (secondary N) is 1. The second kappa shape index (κ2) is 5.22. The Bertz CT molecular complexity index is 591. The Morgan fingerprint density at radius 2 is 1.63 bits per heavy atom. The molecule has 2 rings (SSSR count). The second-order valence-electron chi connectivity index (χ2n) is 4.24. The lowest BCUT2D eigenvalue weighted by Gasteiger charge is -2.09. The largest absolute Gasteiger partial charge is 0.503 e. The molecule has 0 saturated carbocycles. The zero-order chi connectivity index (χ0) is 14.0. The normalized spacial score (nSPS) is 10.5. The minimum Gasteiger partial charge on any atom is -0.503 e. The average Bonchev–Trinajstić information content (AvgIpc) is 2.37. The molecule has 0 radical (unpaired) electrons. The molecule has 19 heavy (non-hydrogen) atoms. The van der Waals surface area contributed by atoms with Gasteiger partial charge in [0.25, 0.3) is 0 Å². The van der Waals surface area contributed by atoms with Gasteiger partial charge >= 0.3 is 0 Å². The first-order valence-electron chi connectivity index (χ1n) is 5.64. The van der Waals surface area contributed by atoms with E-state index in [0.717, 1.165) is 17.7 Å². The van der Waals surface area contributed by atoms with Crippen molar-refractivity contribution < 1.29 is 18.3 Å². The molecule has 0 bridgehead atoms. The van der Waals surface area contributed by atoms with E-state index in [4.69, 9.17) is 5.11 Å². The molecule has 0 spiro atoms. The number of aromatic hydroxyl groups is 1. The van der Waals surface area contributed by atoms with Gasteiger partial charge in [-0.1, -0.05) is 6.07 Å². The van der Waals surface area contributed by atoms with Gasteiger partial charge in [-0.15, -0.1) is 0 Å². The van der Waals surface area contributed by atoms with Gasteiger partial charge in [0.15, 0.2) is 17.4 Å². The maximum atomic E-state index is 13.4. The Morgan fingerprint density at radius 3 is 2.26 bits per heavy atom. The summed E-state index contributed by atoms with van der Waals surface area (Å²) >= 11 is 0. The van der Waals surface area contributed by atoms with Crippen molar-refractivity contribution in [2.24, 2.45) is 0 Å². The molecule has 0 saturated heterocycles. The van der Waals surface area contributed by atoms with E-state index >= 15 is 0 Å². The Balaban J connectivity index is 2.17. The van der Waals surface area contributed by atoms with Crippen LogP contribution in [0.5, 0.6) is 5.75 Å². The van der Waals surface area contributed by atoms with Crippen LogP contribution in [0.3, 0.4) is 0 Å². The van der Waals surface area contributed by atoms with Gasteiger partial charge in [0, 0.05) is 6.54 Å². The molecule has 2 N–H and O–H groups in total. The number of halogens is 3. The van der Waals surface area contributed by atoms with Crippen molar-refractivity contribution in [2.75, 3.05) is 5.32 Å². The molecule has 2 nitrogen and oxygen atoms in total. The third kappa shape index (κ3) is 2.99. The minimum absolute atomic E-state index is 0.0501. The molecule has 0 fully saturated rings. The molecule has 0 heterocycles. The van der Waals surface area contributed by atoms with Gasteiger partial charge in [0.1, 0.15) is 5.82 Å². The maximum Gasteiger partial charge on any atom is 0.187 e. The molecule has 0 unspecified atom stereocenters. The number of phenolic OH excluding ortho intramolecular Hbond substituents is 1. The first-order chi connectivity index (χ1) is 8.97. The Morgan fingerprint density at radius 1 is 1.00 bits per heavy atom. The quantitative estimate of drug-likeness (QED) is 0.888. The summed E-state index contributed by atoms with van der Waals surface area (Å²) in [5.74, 6) is -3.53. The van der Waals surface area contributed by atoms with E-state index in [1.54, 1.807) is 12.1 Å². The summed E-state index contributed by atoms with van der Waals surface area (Å²) in [4.78, 5) is 0. The molecule has 2 aromatic carbocycles. The topological polar surface area (TPSA) is 32.3 Å². The van der Waals surface area contributed by atoms with Crippen LogP contribution in [0.1, 0.15) is 11.1 Å². The Hall–Kier alpha value is -2.17. The summed E-state index contributed by atoms with van der Waals surface area (Å²) in [5, 5.41) is 11.7. The molecule has 0 aliphatic carbocycles. The van der Waals surface area contributed by atoms with E-state index in [-0.39, 0.29) is 17.8 Å². The van der Waals surface area contributed by atoms with E-state index in [1.807, 2.05) is 6.92 Å². The van der Waals surface area contributed by atoms with Crippen LogP contribution in [-0.4, -0.2) is 5.11 Å². The zero-order valence-electron chi connectivity index (χ0n) is 10.2. The number of rotatable bonds is 3. The fourth-order valence-corrected chi connectivity index (χ4v) is 1.69.